The fraction of sp³-hybridized carbons (Fsp3) is 0.688. The Hall–Kier alpha value is -0.970. The third-order valence-corrected chi connectivity index (χ3v) is 3.82. The number of hydrogen-bond donors (Lipinski definition) is 1. The molecule has 1 aromatic rings. The molecule has 4 nitrogen and oxygen atoms in total. The molecule has 0 amide bonds. The Labute approximate surface area is 124 Å². The molecule has 0 saturated carbocycles. The van der Waals surface area contributed by atoms with Crippen LogP contribution in [0.4, 0.5) is 0 Å². The average Bonchev–Trinajstić information content (AvgIpc) is 2.43. The lowest BCUT2D eigenvalue weighted by molar-refractivity contribution is 0.109. The number of pyridine rings is 1. The van der Waals surface area contributed by atoms with E-state index in [1.165, 1.54) is 5.56 Å². The Kier molecular flexibility index (Phi) is 7.13. The first-order valence-electron chi connectivity index (χ1n) is 7.57. The number of nitrogens with two attached hydrogens (primary N) is 1. The van der Waals surface area contributed by atoms with E-state index in [0.29, 0.717) is 6.04 Å². The monoisotopic (exact) mass is 278 g/mol. The predicted molar refractivity (Wildman–Crippen MR) is 85.6 cm³/mol. The molecule has 0 spiro atoms. The summed E-state index contributed by atoms with van der Waals surface area (Å²) in [5, 5.41) is 0. The van der Waals surface area contributed by atoms with Crippen LogP contribution in [-0.2, 0) is 0 Å². The molecule has 1 rings (SSSR count). The van der Waals surface area contributed by atoms with Crippen LogP contribution >= 0.6 is 0 Å². The molecule has 0 radical (unpaired) electrons. The zero-order chi connectivity index (χ0) is 15.1. The zero-order valence-corrected chi connectivity index (χ0v) is 13.6. The molecule has 20 heavy (non-hydrogen) atoms. The van der Waals surface area contributed by atoms with Crippen LogP contribution in [-0.4, -0.2) is 54.1 Å². The second kappa shape index (κ2) is 8.35. The summed E-state index contributed by atoms with van der Waals surface area (Å²) >= 11 is 0. The summed E-state index contributed by atoms with van der Waals surface area (Å²) in [5.41, 5.74) is 7.63. The van der Waals surface area contributed by atoms with E-state index in [-0.39, 0.29) is 12.1 Å². The molecule has 4 heteroatoms. The van der Waals surface area contributed by atoms with E-state index < -0.39 is 0 Å². The number of aromatic nitrogens is 1. The van der Waals surface area contributed by atoms with Crippen molar-refractivity contribution >= 4 is 0 Å². The summed E-state index contributed by atoms with van der Waals surface area (Å²) in [5.74, 6) is 0. The Morgan fingerprint density at radius 3 is 2.45 bits per heavy atom. The minimum Gasteiger partial charge on any atom is -0.326 e. The first kappa shape index (κ1) is 17.1. The normalized spacial score (nSPS) is 16.4. The van der Waals surface area contributed by atoms with Gasteiger partial charge in [-0.05, 0) is 45.6 Å². The highest BCUT2D eigenvalue weighted by atomic mass is 15.2. The van der Waals surface area contributed by atoms with Crippen molar-refractivity contribution in [3.05, 3.63) is 30.1 Å². The second-order valence-electron chi connectivity index (χ2n) is 5.75. The van der Waals surface area contributed by atoms with Gasteiger partial charge in [-0.25, -0.2) is 0 Å². The smallest absolute Gasteiger partial charge is 0.0517 e. The van der Waals surface area contributed by atoms with Crippen molar-refractivity contribution in [3.8, 4) is 0 Å². The Morgan fingerprint density at radius 2 is 2.00 bits per heavy atom. The summed E-state index contributed by atoms with van der Waals surface area (Å²) in [4.78, 5) is 8.99. The molecule has 0 fully saturated rings. The molecule has 0 aliphatic rings. The van der Waals surface area contributed by atoms with Crippen molar-refractivity contribution in [2.75, 3.05) is 27.2 Å². The highest BCUT2D eigenvalue weighted by Gasteiger charge is 2.28. The average molecular weight is 278 g/mol. The minimum absolute atomic E-state index is 0.128. The maximum atomic E-state index is 6.41. The van der Waals surface area contributed by atoms with Gasteiger partial charge in [0.05, 0.1) is 6.04 Å². The van der Waals surface area contributed by atoms with Gasteiger partial charge < -0.3 is 10.6 Å². The molecule has 2 N–H and O–H groups in total. The standard InChI is InChI=1S/C16H30N4/c1-6-15(17)16(14-9-8-10-18-11-14)20(7-2)13(3)12-19(4)5/h8-11,13,15-16H,6-7,12,17H2,1-5H3. The predicted octanol–water partition coefficient (Wildman–Crippen LogP) is 2.13. The molecule has 3 atom stereocenters. The largest absolute Gasteiger partial charge is 0.326 e. The molecule has 0 aliphatic heterocycles. The Morgan fingerprint density at radius 1 is 1.30 bits per heavy atom. The molecular weight excluding hydrogens is 248 g/mol. The van der Waals surface area contributed by atoms with Gasteiger partial charge in [-0.3, -0.25) is 9.88 Å². The van der Waals surface area contributed by atoms with E-state index in [2.05, 4.69) is 55.7 Å². The number of likely N-dealkylation sites (N-methyl/N-ethyl adjacent to an activating group) is 2. The third-order valence-electron chi connectivity index (χ3n) is 3.82. The first-order chi connectivity index (χ1) is 9.51. The number of hydrogen-bond acceptors (Lipinski definition) is 4. The van der Waals surface area contributed by atoms with Crippen molar-refractivity contribution in [2.45, 2.75) is 45.3 Å². The minimum atomic E-state index is 0.128. The molecule has 1 heterocycles. The topological polar surface area (TPSA) is 45.4 Å². The van der Waals surface area contributed by atoms with Crippen LogP contribution in [0, 0.1) is 0 Å². The lowest BCUT2D eigenvalue weighted by atomic mass is 9.96. The van der Waals surface area contributed by atoms with Gasteiger partial charge in [-0.2, -0.15) is 0 Å². The lowest BCUT2D eigenvalue weighted by Gasteiger charge is -2.39. The van der Waals surface area contributed by atoms with Gasteiger partial charge in [-0.15, -0.1) is 0 Å². The van der Waals surface area contributed by atoms with E-state index in [1.54, 1.807) is 0 Å². The van der Waals surface area contributed by atoms with Crippen LogP contribution < -0.4 is 5.73 Å². The maximum Gasteiger partial charge on any atom is 0.0517 e. The van der Waals surface area contributed by atoms with Crippen LogP contribution in [0.1, 0.15) is 38.8 Å². The van der Waals surface area contributed by atoms with Crippen LogP contribution in [0.25, 0.3) is 0 Å². The quantitative estimate of drug-likeness (QED) is 0.791. The van der Waals surface area contributed by atoms with Gasteiger partial charge in [0.15, 0.2) is 0 Å². The Bertz CT molecular complexity index is 366. The molecule has 3 unspecified atom stereocenters. The van der Waals surface area contributed by atoms with E-state index in [4.69, 9.17) is 5.73 Å². The van der Waals surface area contributed by atoms with E-state index in [0.717, 1.165) is 19.5 Å². The summed E-state index contributed by atoms with van der Waals surface area (Å²) in [6.07, 6.45) is 4.73. The maximum absolute atomic E-state index is 6.41. The van der Waals surface area contributed by atoms with Gasteiger partial charge in [0.1, 0.15) is 0 Å². The fourth-order valence-electron chi connectivity index (χ4n) is 2.87. The molecule has 0 aromatic carbocycles. The van der Waals surface area contributed by atoms with Gasteiger partial charge in [0.2, 0.25) is 0 Å². The van der Waals surface area contributed by atoms with Gasteiger partial charge in [0.25, 0.3) is 0 Å². The summed E-state index contributed by atoms with van der Waals surface area (Å²) in [6, 6.07) is 4.95. The van der Waals surface area contributed by atoms with Crippen LogP contribution in [0.15, 0.2) is 24.5 Å². The highest BCUT2D eigenvalue weighted by Crippen LogP contribution is 2.26. The zero-order valence-electron chi connectivity index (χ0n) is 13.6. The van der Waals surface area contributed by atoms with Gasteiger partial charge in [-0.1, -0.05) is 19.9 Å². The first-order valence-corrected chi connectivity index (χ1v) is 7.57. The summed E-state index contributed by atoms with van der Waals surface area (Å²) in [6.45, 7) is 8.65. The van der Waals surface area contributed by atoms with Crippen molar-refractivity contribution in [1.82, 2.24) is 14.8 Å². The SMILES string of the molecule is CCC(N)C(c1cccnc1)N(CC)C(C)CN(C)C. The van der Waals surface area contributed by atoms with Crippen LogP contribution in [0.3, 0.4) is 0 Å². The third kappa shape index (κ3) is 4.54. The lowest BCUT2D eigenvalue weighted by Crippen LogP contribution is -2.48. The van der Waals surface area contributed by atoms with Crippen molar-refractivity contribution in [2.24, 2.45) is 5.73 Å². The molecule has 1 aromatic heterocycles. The molecule has 0 aliphatic carbocycles. The molecule has 114 valence electrons. The number of rotatable bonds is 8. The highest BCUT2D eigenvalue weighted by molar-refractivity contribution is 5.16. The van der Waals surface area contributed by atoms with E-state index in [9.17, 15) is 0 Å². The summed E-state index contributed by atoms with van der Waals surface area (Å²) in [7, 11) is 4.23. The fourth-order valence-corrected chi connectivity index (χ4v) is 2.87. The van der Waals surface area contributed by atoms with Gasteiger partial charge >= 0.3 is 0 Å². The van der Waals surface area contributed by atoms with Gasteiger partial charge in [0, 0.05) is 31.0 Å². The van der Waals surface area contributed by atoms with Crippen molar-refractivity contribution < 1.29 is 0 Å². The van der Waals surface area contributed by atoms with Crippen LogP contribution in [0.5, 0.6) is 0 Å². The van der Waals surface area contributed by atoms with E-state index >= 15 is 0 Å². The van der Waals surface area contributed by atoms with Crippen LogP contribution in [0.2, 0.25) is 0 Å². The molecular formula is C16H30N4. The second-order valence-corrected chi connectivity index (χ2v) is 5.75. The molecule has 0 bridgehead atoms. The Balaban J connectivity index is 3.01. The van der Waals surface area contributed by atoms with E-state index in [1.807, 2.05) is 18.5 Å². The summed E-state index contributed by atoms with van der Waals surface area (Å²) < 4.78 is 0. The van der Waals surface area contributed by atoms with Crippen molar-refractivity contribution in [1.29, 1.82) is 0 Å². The molecule has 0 saturated heterocycles. The van der Waals surface area contributed by atoms with Crippen molar-refractivity contribution in [3.63, 3.8) is 0 Å². The number of nitrogens with zero attached hydrogens (tertiary/aromatic N) is 3.